The first-order valence-electron chi connectivity index (χ1n) is 8.57. The zero-order chi connectivity index (χ0) is 15.9. The van der Waals surface area contributed by atoms with E-state index in [1.54, 1.807) is 0 Å². The quantitative estimate of drug-likeness (QED) is 0.863. The minimum absolute atomic E-state index is 0.103. The summed E-state index contributed by atoms with van der Waals surface area (Å²) in [6.07, 6.45) is 4.09. The Kier molecular flexibility index (Phi) is 3.57. The molecule has 2 nitrogen and oxygen atoms in total. The third-order valence-corrected chi connectivity index (χ3v) is 5.85. The van der Waals surface area contributed by atoms with Crippen molar-refractivity contribution >= 4 is 5.78 Å². The predicted octanol–water partition coefficient (Wildman–Crippen LogP) is 4.19. The second kappa shape index (κ2) is 5.61. The molecule has 0 spiro atoms. The van der Waals surface area contributed by atoms with Crippen molar-refractivity contribution in [3.8, 4) is 0 Å². The average molecular weight is 306 g/mol. The molecule has 0 amide bonds. The maximum atomic E-state index is 13.2. The van der Waals surface area contributed by atoms with Gasteiger partial charge < -0.3 is 5.11 Å². The van der Waals surface area contributed by atoms with Gasteiger partial charge in [0, 0.05) is 5.56 Å². The van der Waals surface area contributed by atoms with E-state index in [0.29, 0.717) is 18.3 Å². The number of hydrogen-bond acceptors (Lipinski definition) is 2. The lowest BCUT2D eigenvalue weighted by atomic mass is 9.76. The molecular weight excluding hydrogens is 284 g/mol. The standard InChI is InChI=1S/C21H22O2/c22-20(15-8-3-1-4-9-15)19-18-13-7-10-16(18)14-21(19,23)17-11-5-2-6-12-17/h1-6,8-9,11-12,16,18-19,23H,7,10,13-14H2/t16-,18-,19-,21+/m1/s1. The number of Topliss-reactive ketones (excluding diaryl/α,β-unsaturated/α-hetero) is 1. The Hall–Kier alpha value is -1.93. The van der Waals surface area contributed by atoms with E-state index < -0.39 is 5.60 Å². The molecule has 1 N–H and O–H groups in total. The molecule has 0 saturated heterocycles. The van der Waals surface area contributed by atoms with Gasteiger partial charge >= 0.3 is 0 Å². The van der Waals surface area contributed by atoms with Crippen molar-refractivity contribution in [1.82, 2.24) is 0 Å². The highest BCUT2D eigenvalue weighted by Gasteiger charge is 2.57. The summed E-state index contributed by atoms with van der Waals surface area (Å²) in [4.78, 5) is 13.2. The van der Waals surface area contributed by atoms with E-state index >= 15 is 0 Å². The van der Waals surface area contributed by atoms with E-state index in [1.165, 1.54) is 6.42 Å². The molecule has 2 aliphatic carbocycles. The monoisotopic (exact) mass is 306 g/mol. The number of ketones is 1. The summed E-state index contributed by atoms with van der Waals surface area (Å²) in [6, 6.07) is 19.2. The van der Waals surface area contributed by atoms with Gasteiger partial charge in [-0.3, -0.25) is 4.79 Å². The molecule has 0 radical (unpaired) electrons. The fourth-order valence-corrected chi connectivity index (χ4v) is 4.86. The minimum Gasteiger partial charge on any atom is -0.384 e. The second-order valence-corrected chi connectivity index (χ2v) is 7.06. The molecule has 2 aliphatic rings. The van der Waals surface area contributed by atoms with Gasteiger partial charge in [0.15, 0.2) is 5.78 Å². The number of carbonyl (C=O) groups is 1. The molecular formula is C21H22O2. The molecule has 4 atom stereocenters. The van der Waals surface area contributed by atoms with Crippen LogP contribution in [0.3, 0.4) is 0 Å². The highest BCUT2D eigenvalue weighted by molar-refractivity contribution is 5.99. The van der Waals surface area contributed by atoms with Crippen LogP contribution in [0.25, 0.3) is 0 Å². The van der Waals surface area contributed by atoms with Crippen molar-refractivity contribution in [1.29, 1.82) is 0 Å². The molecule has 0 bridgehead atoms. The van der Waals surface area contributed by atoms with Crippen molar-refractivity contribution in [2.75, 3.05) is 0 Å². The number of aliphatic hydroxyl groups is 1. The largest absolute Gasteiger partial charge is 0.384 e. The summed E-state index contributed by atoms with van der Waals surface area (Å²) in [5, 5.41) is 11.5. The molecule has 2 saturated carbocycles. The lowest BCUT2D eigenvalue weighted by Crippen LogP contribution is -2.38. The van der Waals surface area contributed by atoms with Gasteiger partial charge in [0.2, 0.25) is 0 Å². The lowest BCUT2D eigenvalue weighted by molar-refractivity contribution is -0.00714. The van der Waals surface area contributed by atoms with Gasteiger partial charge in [0.05, 0.1) is 5.92 Å². The average Bonchev–Trinajstić information content (AvgIpc) is 3.14. The van der Waals surface area contributed by atoms with E-state index in [0.717, 1.165) is 24.0 Å². The Balaban J connectivity index is 1.78. The first-order chi connectivity index (χ1) is 11.2. The molecule has 0 heterocycles. The van der Waals surface area contributed by atoms with Crippen molar-refractivity contribution in [2.45, 2.75) is 31.3 Å². The van der Waals surface area contributed by atoms with Gasteiger partial charge in [-0.2, -0.15) is 0 Å². The van der Waals surface area contributed by atoms with Crippen LogP contribution in [0.5, 0.6) is 0 Å². The summed E-state index contributed by atoms with van der Waals surface area (Å²) >= 11 is 0. The molecule has 0 unspecified atom stereocenters. The third-order valence-electron chi connectivity index (χ3n) is 5.85. The molecule has 2 heteroatoms. The van der Waals surface area contributed by atoms with Crippen LogP contribution >= 0.6 is 0 Å². The first kappa shape index (κ1) is 14.6. The van der Waals surface area contributed by atoms with Crippen LogP contribution in [0.4, 0.5) is 0 Å². The van der Waals surface area contributed by atoms with Crippen LogP contribution in [-0.4, -0.2) is 10.9 Å². The summed E-state index contributed by atoms with van der Waals surface area (Å²) in [5.74, 6) is 0.567. The van der Waals surface area contributed by atoms with Gasteiger partial charge in [0.1, 0.15) is 5.60 Å². The number of fused-ring (bicyclic) bond motifs is 1. The van der Waals surface area contributed by atoms with Crippen LogP contribution in [0.15, 0.2) is 60.7 Å². The molecule has 23 heavy (non-hydrogen) atoms. The van der Waals surface area contributed by atoms with Crippen LogP contribution in [0.1, 0.15) is 41.6 Å². The van der Waals surface area contributed by atoms with Gasteiger partial charge in [-0.05, 0) is 30.2 Å². The summed E-state index contributed by atoms with van der Waals surface area (Å²) < 4.78 is 0. The van der Waals surface area contributed by atoms with E-state index in [1.807, 2.05) is 60.7 Å². The molecule has 2 fully saturated rings. The number of carbonyl (C=O) groups excluding carboxylic acids is 1. The Morgan fingerprint density at radius 3 is 2.30 bits per heavy atom. The summed E-state index contributed by atoms with van der Waals surface area (Å²) in [6.45, 7) is 0. The van der Waals surface area contributed by atoms with Gasteiger partial charge in [-0.15, -0.1) is 0 Å². The third kappa shape index (κ3) is 2.33. The maximum absolute atomic E-state index is 13.2. The van der Waals surface area contributed by atoms with Crippen LogP contribution in [-0.2, 0) is 5.60 Å². The molecule has 0 aliphatic heterocycles. The normalized spacial score (nSPS) is 32.7. The first-order valence-corrected chi connectivity index (χ1v) is 8.57. The number of benzene rings is 2. The second-order valence-electron chi connectivity index (χ2n) is 7.06. The highest BCUT2D eigenvalue weighted by atomic mass is 16.3. The number of hydrogen-bond donors (Lipinski definition) is 1. The fourth-order valence-electron chi connectivity index (χ4n) is 4.86. The smallest absolute Gasteiger partial charge is 0.169 e. The highest BCUT2D eigenvalue weighted by Crippen LogP contribution is 2.57. The van der Waals surface area contributed by atoms with E-state index in [4.69, 9.17) is 0 Å². The summed E-state index contributed by atoms with van der Waals surface area (Å²) in [7, 11) is 0. The van der Waals surface area contributed by atoms with Gasteiger partial charge in [-0.25, -0.2) is 0 Å². The lowest BCUT2D eigenvalue weighted by Gasteiger charge is -2.32. The maximum Gasteiger partial charge on any atom is 0.169 e. The van der Waals surface area contributed by atoms with Gasteiger partial charge in [0.25, 0.3) is 0 Å². The number of rotatable bonds is 3. The Bertz CT molecular complexity index is 694. The summed E-state index contributed by atoms with van der Waals surface area (Å²) in [5.41, 5.74) is 0.590. The molecule has 2 aromatic carbocycles. The Labute approximate surface area is 137 Å². The predicted molar refractivity (Wildman–Crippen MR) is 90.0 cm³/mol. The van der Waals surface area contributed by atoms with Crippen molar-refractivity contribution in [2.24, 2.45) is 17.8 Å². The van der Waals surface area contributed by atoms with E-state index in [-0.39, 0.29) is 11.7 Å². The zero-order valence-corrected chi connectivity index (χ0v) is 13.2. The fraction of sp³-hybridized carbons (Fsp3) is 0.381. The van der Waals surface area contributed by atoms with Crippen molar-refractivity contribution in [3.63, 3.8) is 0 Å². The molecule has 4 rings (SSSR count). The minimum atomic E-state index is -1.02. The van der Waals surface area contributed by atoms with Crippen LogP contribution < -0.4 is 0 Å². The van der Waals surface area contributed by atoms with Crippen molar-refractivity contribution in [3.05, 3.63) is 71.8 Å². The SMILES string of the molecule is O=C(c1ccccc1)[C@H]1[C@@H]2CCC[C@@H]2C[C@]1(O)c1ccccc1. The van der Waals surface area contributed by atoms with Crippen LogP contribution in [0, 0.1) is 17.8 Å². The molecule has 2 aromatic rings. The Morgan fingerprint density at radius 1 is 0.957 bits per heavy atom. The molecule has 118 valence electrons. The topological polar surface area (TPSA) is 37.3 Å². The van der Waals surface area contributed by atoms with Crippen LogP contribution in [0.2, 0.25) is 0 Å². The van der Waals surface area contributed by atoms with E-state index in [9.17, 15) is 9.90 Å². The van der Waals surface area contributed by atoms with E-state index in [2.05, 4.69) is 0 Å². The Morgan fingerprint density at radius 2 is 1.61 bits per heavy atom. The van der Waals surface area contributed by atoms with Gasteiger partial charge in [-0.1, -0.05) is 73.5 Å². The van der Waals surface area contributed by atoms with Crippen molar-refractivity contribution < 1.29 is 9.90 Å². The zero-order valence-electron chi connectivity index (χ0n) is 13.2. The molecule has 0 aromatic heterocycles.